The number of aryl methyl sites for hydroxylation is 3. The number of carbonyl (C=O) groups excluding carboxylic acids is 1. The minimum absolute atomic E-state index is 0.152. The van der Waals surface area contributed by atoms with Gasteiger partial charge in [-0.2, -0.15) is 10.2 Å². The molecule has 0 spiro atoms. The smallest absolute Gasteiger partial charge is 0.293 e. The van der Waals surface area contributed by atoms with Gasteiger partial charge in [0.05, 0.1) is 17.6 Å². The molecule has 2 aromatic carbocycles. The van der Waals surface area contributed by atoms with Gasteiger partial charge in [-0.3, -0.25) is 9.59 Å². The van der Waals surface area contributed by atoms with Crippen LogP contribution in [-0.4, -0.2) is 25.5 Å². The number of carbonyl (C=O) groups is 1. The van der Waals surface area contributed by atoms with Crippen molar-refractivity contribution in [1.29, 1.82) is 0 Å². The quantitative estimate of drug-likeness (QED) is 0.558. The van der Waals surface area contributed by atoms with Crippen LogP contribution in [0.2, 0.25) is 0 Å². The summed E-state index contributed by atoms with van der Waals surface area (Å²) in [6.07, 6.45) is 1.65. The van der Waals surface area contributed by atoms with Gasteiger partial charge in [-0.05, 0) is 38.0 Å². The van der Waals surface area contributed by atoms with Crippen LogP contribution in [0.3, 0.4) is 0 Å². The molecule has 0 aliphatic heterocycles. The van der Waals surface area contributed by atoms with E-state index in [-0.39, 0.29) is 18.0 Å². The Labute approximate surface area is 174 Å². The highest BCUT2D eigenvalue weighted by Gasteiger charge is 2.17. The van der Waals surface area contributed by atoms with Crippen molar-refractivity contribution in [3.8, 4) is 5.69 Å². The fourth-order valence-electron chi connectivity index (χ4n) is 3.41. The van der Waals surface area contributed by atoms with Gasteiger partial charge in [0.1, 0.15) is 12.1 Å². The average molecular weight is 401 g/mol. The zero-order valence-corrected chi connectivity index (χ0v) is 17.2. The second-order valence-electron chi connectivity index (χ2n) is 7.42. The second-order valence-corrected chi connectivity index (χ2v) is 7.42. The third kappa shape index (κ3) is 3.74. The lowest BCUT2D eigenvalue weighted by molar-refractivity contribution is -0.122. The van der Waals surface area contributed by atoms with Gasteiger partial charge in [-0.1, -0.05) is 48.0 Å². The van der Waals surface area contributed by atoms with E-state index in [1.807, 2.05) is 69.3 Å². The van der Waals surface area contributed by atoms with E-state index >= 15 is 0 Å². The molecule has 0 fully saturated rings. The number of fused-ring (bicyclic) bond motifs is 1. The molecule has 4 aromatic rings. The lowest BCUT2D eigenvalue weighted by Gasteiger charge is -2.10. The molecule has 0 radical (unpaired) electrons. The molecular weight excluding hydrogens is 378 g/mol. The zero-order valence-electron chi connectivity index (χ0n) is 17.2. The van der Waals surface area contributed by atoms with E-state index in [2.05, 4.69) is 15.5 Å². The standard InChI is InChI=1S/C23H23N5O2/c1-15-8-10-18(11-9-15)12-24-21(29)14-27-23(30)22-19(17(3)26-27)13-25-28(22)20-7-5-4-6-16(20)2/h4-11,13H,12,14H2,1-3H3,(H,24,29). The Morgan fingerprint density at radius 3 is 2.50 bits per heavy atom. The Balaban J connectivity index is 1.63. The van der Waals surface area contributed by atoms with E-state index in [0.717, 1.165) is 22.4 Å². The fourth-order valence-corrected chi connectivity index (χ4v) is 3.41. The lowest BCUT2D eigenvalue weighted by Crippen LogP contribution is -2.34. The van der Waals surface area contributed by atoms with E-state index in [1.54, 1.807) is 10.9 Å². The summed E-state index contributed by atoms with van der Waals surface area (Å²) in [5, 5.41) is 12.3. The number of hydrogen-bond acceptors (Lipinski definition) is 4. The van der Waals surface area contributed by atoms with Crippen molar-refractivity contribution in [2.24, 2.45) is 0 Å². The molecule has 2 heterocycles. The largest absolute Gasteiger partial charge is 0.350 e. The van der Waals surface area contributed by atoms with Crippen LogP contribution < -0.4 is 10.9 Å². The van der Waals surface area contributed by atoms with Crippen LogP contribution in [0.4, 0.5) is 0 Å². The molecule has 0 aliphatic carbocycles. The maximum absolute atomic E-state index is 13.2. The van der Waals surface area contributed by atoms with E-state index in [4.69, 9.17) is 0 Å². The summed E-state index contributed by atoms with van der Waals surface area (Å²) < 4.78 is 2.83. The summed E-state index contributed by atoms with van der Waals surface area (Å²) in [5.41, 5.74) is 4.71. The van der Waals surface area contributed by atoms with Crippen LogP contribution in [0.25, 0.3) is 16.6 Å². The van der Waals surface area contributed by atoms with Gasteiger partial charge in [-0.15, -0.1) is 0 Å². The normalized spacial score (nSPS) is 11.0. The van der Waals surface area contributed by atoms with Gasteiger partial charge >= 0.3 is 0 Å². The summed E-state index contributed by atoms with van der Waals surface area (Å²) in [6, 6.07) is 15.7. The molecule has 7 heteroatoms. The summed E-state index contributed by atoms with van der Waals surface area (Å²) in [5.74, 6) is -0.272. The van der Waals surface area contributed by atoms with E-state index < -0.39 is 0 Å². The molecule has 0 saturated heterocycles. The molecule has 0 unspecified atom stereocenters. The molecule has 1 amide bonds. The monoisotopic (exact) mass is 401 g/mol. The van der Waals surface area contributed by atoms with Gasteiger partial charge in [-0.25, -0.2) is 9.36 Å². The third-order valence-corrected chi connectivity index (χ3v) is 5.11. The third-order valence-electron chi connectivity index (χ3n) is 5.11. The van der Waals surface area contributed by atoms with Crippen molar-refractivity contribution < 1.29 is 4.79 Å². The van der Waals surface area contributed by atoms with Gasteiger partial charge in [0.15, 0.2) is 0 Å². The number of para-hydroxylation sites is 1. The molecule has 0 aliphatic rings. The summed E-state index contributed by atoms with van der Waals surface area (Å²) in [6.45, 7) is 6.04. The van der Waals surface area contributed by atoms with Crippen molar-refractivity contribution in [2.45, 2.75) is 33.9 Å². The van der Waals surface area contributed by atoms with E-state index in [9.17, 15) is 9.59 Å². The number of benzene rings is 2. The highest BCUT2D eigenvalue weighted by atomic mass is 16.2. The minimum Gasteiger partial charge on any atom is -0.350 e. The van der Waals surface area contributed by atoms with Crippen LogP contribution in [0.1, 0.15) is 22.4 Å². The molecule has 0 bridgehead atoms. The number of hydrogen-bond donors (Lipinski definition) is 1. The molecule has 7 nitrogen and oxygen atoms in total. The molecule has 1 N–H and O–H groups in total. The van der Waals surface area contributed by atoms with Crippen LogP contribution in [-0.2, 0) is 17.9 Å². The molecule has 0 saturated carbocycles. The number of rotatable bonds is 5. The van der Waals surface area contributed by atoms with Crippen LogP contribution in [0.15, 0.2) is 59.5 Å². The van der Waals surface area contributed by atoms with Gasteiger partial charge in [0.25, 0.3) is 5.56 Å². The van der Waals surface area contributed by atoms with Gasteiger partial charge < -0.3 is 5.32 Å². The van der Waals surface area contributed by atoms with Crippen molar-refractivity contribution in [2.75, 3.05) is 0 Å². The maximum atomic E-state index is 13.2. The van der Waals surface area contributed by atoms with E-state index in [1.165, 1.54) is 4.68 Å². The topological polar surface area (TPSA) is 81.8 Å². The van der Waals surface area contributed by atoms with Gasteiger partial charge in [0, 0.05) is 11.9 Å². The van der Waals surface area contributed by atoms with Gasteiger partial charge in [0.2, 0.25) is 5.91 Å². The Morgan fingerprint density at radius 2 is 1.77 bits per heavy atom. The molecule has 2 aromatic heterocycles. The first-order valence-electron chi connectivity index (χ1n) is 9.78. The van der Waals surface area contributed by atoms with Crippen molar-refractivity contribution in [3.63, 3.8) is 0 Å². The first kappa shape index (κ1) is 19.6. The SMILES string of the molecule is Cc1ccc(CNC(=O)Cn2nc(C)c3cnn(-c4ccccc4C)c3c2=O)cc1. The minimum atomic E-state index is -0.346. The van der Waals surface area contributed by atoms with Crippen LogP contribution >= 0.6 is 0 Å². The zero-order chi connectivity index (χ0) is 21.3. The lowest BCUT2D eigenvalue weighted by atomic mass is 10.1. The first-order chi connectivity index (χ1) is 14.4. The Kier molecular flexibility index (Phi) is 5.18. The van der Waals surface area contributed by atoms with Crippen LogP contribution in [0.5, 0.6) is 0 Å². The van der Waals surface area contributed by atoms with Crippen molar-refractivity contribution in [1.82, 2.24) is 24.9 Å². The van der Waals surface area contributed by atoms with E-state index in [0.29, 0.717) is 23.1 Å². The van der Waals surface area contributed by atoms with Crippen molar-refractivity contribution >= 4 is 16.8 Å². The highest BCUT2D eigenvalue weighted by Crippen LogP contribution is 2.19. The highest BCUT2D eigenvalue weighted by molar-refractivity contribution is 5.82. The Hall–Kier alpha value is -3.74. The summed E-state index contributed by atoms with van der Waals surface area (Å²) >= 11 is 0. The van der Waals surface area contributed by atoms with Crippen LogP contribution in [0, 0.1) is 20.8 Å². The summed E-state index contributed by atoms with van der Waals surface area (Å²) in [7, 11) is 0. The number of nitrogens with one attached hydrogen (secondary N) is 1. The van der Waals surface area contributed by atoms with Crippen molar-refractivity contribution in [3.05, 3.63) is 87.5 Å². The molecule has 0 atom stereocenters. The summed E-state index contributed by atoms with van der Waals surface area (Å²) in [4.78, 5) is 25.6. The first-order valence-corrected chi connectivity index (χ1v) is 9.78. The molecular formula is C23H23N5O2. The molecule has 152 valence electrons. The second kappa shape index (κ2) is 7.94. The molecule has 4 rings (SSSR count). The number of nitrogens with zero attached hydrogens (tertiary/aromatic N) is 4. The predicted molar refractivity (Wildman–Crippen MR) is 116 cm³/mol. The number of amides is 1. The number of aromatic nitrogens is 4. The maximum Gasteiger partial charge on any atom is 0.293 e. The fraction of sp³-hybridized carbons (Fsp3) is 0.217. The Bertz CT molecular complexity index is 1290. The average Bonchev–Trinajstić information content (AvgIpc) is 3.17. The molecule has 30 heavy (non-hydrogen) atoms. The Morgan fingerprint density at radius 1 is 1.03 bits per heavy atom. The predicted octanol–water partition coefficient (Wildman–Crippen LogP) is 2.82.